The third-order valence-corrected chi connectivity index (χ3v) is 3.16. The normalized spacial score (nSPS) is 10.5. The van der Waals surface area contributed by atoms with Crippen LogP contribution in [0.4, 0.5) is 10.6 Å². The van der Waals surface area contributed by atoms with Crippen LogP contribution in [0, 0.1) is 0 Å². The molecule has 0 unspecified atom stereocenters. The zero-order valence-corrected chi connectivity index (χ0v) is 12.3. The van der Waals surface area contributed by atoms with E-state index in [-0.39, 0.29) is 5.91 Å². The van der Waals surface area contributed by atoms with Gasteiger partial charge in [-0.25, -0.2) is 14.3 Å². The lowest BCUT2D eigenvalue weighted by atomic mass is 10.2. The molecule has 0 fully saturated rings. The number of aromatic nitrogens is 2. The van der Waals surface area contributed by atoms with Crippen LogP contribution < -0.4 is 15.8 Å². The van der Waals surface area contributed by atoms with Crippen LogP contribution in [0.5, 0.6) is 11.6 Å². The van der Waals surface area contributed by atoms with Crippen LogP contribution in [0.15, 0.2) is 48.7 Å². The van der Waals surface area contributed by atoms with E-state index in [9.17, 15) is 9.59 Å². The molecule has 3 aromatic rings. The average molecular weight is 310 g/mol. The molecule has 2 heterocycles. The van der Waals surface area contributed by atoms with Crippen molar-refractivity contribution in [3.63, 3.8) is 0 Å². The molecule has 3 rings (SSSR count). The summed E-state index contributed by atoms with van der Waals surface area (Å²) < 4.78 is 7.03. The van der Waals surface area contributed by atoms with E-state index in [0.29, 0.717) is 23.0 Å². The van der Waals surface area contributed by atoms with Gasteiger partial charge >= 0.3 is 6.03 Å². The zero-order chi connectivity index (χ0) is 16.4. The molecule has 2 aromatic heterocycles. The molecule has 116 valence electrons. The van der Waals surface area contributed by atoms with Crippen molar-refractivity contribution >= 4 is 28.7 Å². The fraction of sp³-hybridized carbons (Fsp3) is 0.0625. The summed E-state index contributed by atoms with van der Waals surface area (Å²) in [5.74, 6) is 0.838. The van der Waals surface area contributed by atoms with Crippen LogP contribution in [-0.2, 0) is 4.79 Å². The number of hydrogen-bond donors (Lipinski definition) is 2. The first-order valence-corrected chi connectivity index (χ1v) is 6.86. The second kappa shape index (κ2) is 5.80. The molecular weight excluding hydrogens is 296 g/mol. The first kappa shape index (κ1) is 14.6. The van der Waals surface area contributed by atoms with Gasteiger partial charge in [-0.15, -0.1) is 0 Å². The Labute approximate surface area is 131 Å². The Hall–Kier alpha value is -3.35. The quantitative estimate of drug-likeness (QED) is 0.777. The molecule has 0 atom stereocenters. The Morgan fingerprint density at radius 1 is 1.22 bits per heavy atom. The lowest BCUT2D eigenvalue weighted by Gasteiger charge is -2.09. The highest BCUT2D eigenvalue weighted by Crippen LogP contribution is 2.29. The standard InChI is InChI=1S/C16H14N4O3/c1-10(21)19-14-9-12(6-7-18-14)23-15-8-11-4-2-3-5-13(11)20(15)16(17)22/h2-9H,1H3,(H2,17,22)(H,18,19,21). The maximum absolute atomic E-state index is 11.7. The van der Waals surface area contributed by atoms with Gasteiger partial charge in [0.15, 0.2) is 0 Å². The number of nitrogens with one attached hydrogen (secondary N) is 1. The fourth-order valence-electron chi connectivity index (χ4n) is 2.28. The maximum Gasteiger partial charge on any atom is 0.326 e. The van der Waals surface area contributed by atoms with Gasteiger partial charge in [-0.2, -0.15) is 0 Å². The minimum atomic E-state index is -0.641. The number of carbonyl (C=O) groups excluding carboxylic acids is 2. The summed E-state index contributed by atoms with van der Waals surface area (Å²) in [4.78, 5) is 26.8. The van der Waals surface area contributed by atoms with E-state index in [4.69, 9.17) is 10.5 Å². The van der Waals surface area contributed by atoms with Crippen molar-refractivity contribution in [3.8, 4) is 11.6 Å². The van der Waals surface area contributed by atoms with Gasteiger partial charge in [0.05, 0.1) is 5.52 Å². The third-order valence-electron chi connectivity index (χ3n) is 3.16. The van der Waals surface area contributed by atoms with Gasteiger partial charge in [-0.3, -0.25) is 4.79 Å². The van der Waals surface area contributed by atoms with Crippen LogP contribution in [-0.4, -0.2) is 21.5 Å². The molecule has 0 aliphatic carbocycles. The fourth-order valence-corrected chi connectivity index (χ4v) is 2.28. The Balaban J connectivity index is 2.00. The highest BCUT2D eigenvalue weighted by molar-refractivity contribution is 5.93. The second-order valence-electron chi connectivity index (χ2n) is 4.88. The van der Waals surface area contributed by atoms with E-state index in [1.807, 2.05) is 18.2 Å². The maximum atomic E-state index is 11.7. The lowest BCUT2D eigenvalue weighted by molar-refractivity contribution is -0.114. The summed E-state index contributed by atoms with van der Waals surface area (Å²) in [5.41, 5.74) is 6.11. The van der Waals surface area contributed by atoms with Gasteiger partial charge < -0.3 is 15.8 Å². The number of rotatable bonds is 3. The molecule has 7 heteroatoms. The number of pyridine rings is 1. The van der Waals surface area contributed by atoms with Gasteiger partial charge in [0.1, 0.15) is 11.6 Å². The van der Waals surface area contributed by atoms with E-state index >= 15 is 0 Å². The first-order valence-electron chi connectivity index (χ1n) is 6.86. The number of nitrogens with two attached hydrogens (primary N) is 1. The summed E-state index contributed by atoms with van der Waals surface area (Å²) in [7, 11) is 0. The highest BCUT2D eigenvalue weighted by Gasteiger charge is 2.14. The number of para-hydroxylation sites is 1. The summed E-state index contributed by atoms with van der Waals surface area (Å²) in [6.45, 7) is 1.39. The molecule has 0 aliphatic rings. The molecule has 1 aromatic carbocycles. The molecular formula is C16H14N4O3. The van der Waals surface area contributed by atoms with E-state index in [0.717, 1.165) is 5.39 Å². The molecule has 2 amide bonds. The zero-order valence-electron chi connectivity index (χ0n) is 12.3. The predicted octanol–water partition coefficient (Wildman–Crippen LogP) is 2.71. The summed E-state index contributed by atoms with van der Waals surface area (Å²) >= 11 is 0. The highest BCUT2D eigenvalue weighted by atomic mass is 16.5. The van der Waals surface area contributed by atoms with E-state index in [2.05, 4.69) is 10.3 Å². The smallest absolute Gasteiger partial charge is 0.326 e. The third kappa shape index (κ3) is 2.98. The summed E-state index contributed by atoms with van der Waals surface area (Å²) in [6, 6.07) is 11.6. The van der Waals surface area contributed by atoms with Crippen LogP contribution >= 0.6 is 0 Å². The van der Waals surface area contributed by atoms with Crippen LogP contribution in [0.2, 0.25) is 0 Å². The predicted molar refractivity (Wildman–Crippen MR) is 85.5 cm³/mol. The lowest BCUT2D eigenvalue weighted by Crippen LogP contribution is -2.19. The van der Waals surface area contributed by atoms with Gasteiger partial charge in [0.2, 0.25) is 11.8 Å². The molecule has 7 nitrogen and oxygen atoms in total. The average Bonchev–Trinajstić information content (AvgIpc) is 2.84. The minimum absolute atomic E-state index is 0.235. The van der Waals surface area contributed by atoms with E-state index < -0.39 is 6.03 Å². The van der Waals surface area contributed by atoms with Gasteiger partial charge in [0, 0.05) is 30.6 Å². The number of carbonyl (C=O) groups is 2. The van der Waals surface area contributed by atoms with Gasteiger partial charge in [-0.1, -0.05) is 18.2 Å². The van der Waals surface area contributed by atoms with Crippen molar-refractivity contribution < 1.29 is 14.3 Å². The number of benzene rings is 1. The van der Waals surface area contributed by atoms with Crippen molar-refractivity contribution in [1.82, 2.24) is 9.55 Å². The number of ether oxygens (including phenoxy) is 1. The number of primary amides is 1. The van der Waals surface area contributed by atoms with E-state index in [1.54, 1.807) is 24.3 Å². The first-order chi connectivity index (χ1) is 11.0. The SMILES string of the molecule is CC(=O)Nc1cc(Oc2cc3ccccc3n2C(N)=O)ccn1. The molecule has 0 aliphatic heterocycles. The summed E-state index contributed by atoms with van der Waals surface area (Å²) in [6.07, 6.45) is 1.50. The van der Waals surface area contributed by atoms with Gasteiger partial charge in [0.25, 0.3) is 0 Å². The Kier molecular flexibility index (Phi) is 3.68. The minimum Gasteiger partial charge on any atom is -0.440 e. The molecule has 0 saturated heterocycles. The molecule has 3 N–H and O–H groups in total. The molecule has 0 bridgehead atoms. The van der Waals surface area contributed by atoms with Crippen LogP contribution in [0.1, 0.15) is 6.92 Å². The van der Waals surface area contributed by atoms with Crippen molar-refractivity contribution in [3.05, 3.63) is 48.7 Å². The number of hydrogen-bond acceptors (Lipinski definition) is 4. The molecule has 0 radical (unpaired) electrons. The topological polar surface area (TPSA) is 99.2 Å². The number of anilines is 1. The number of amides is 2. The van der Waals surface area contributed by atoms with E-state index in [1.165, 1.54) is 17.7 Å². The second-order valence-corrected chi connectivity index (χ2v) is 4.88. The Morgan fingerprint density at radius 2 is 2.00 bits per heavy atom. The van der Waals surface area contributed by atoms with Crippen LogP contribution in [0.3, 0.4) is 0 Å². The molecule has 23 heavy (non-hydrogen) atoms. The Bertz CT molecular complexity index is 901. The summed E-state index contributed by atoms with van der Waals surface area (Å²) in [5, 5.41) is 3.40. The van der Waals surface area contributed by atoms with Crippen molar-refractivity contribution in [2.75, 3.05) is 5.32 Å². The van der Waals surface area contributed by atoms with Gasteiger partial charge in [-0.05, 0) is 12.1 Å². The van der Waals surface area contributed by atoms with Crippen LogP contribution in [0.25, 0.3) is 10.9 Å². The number of fused-ring (bicyclic) bond motifs is 1. The Morgan fingerprint density at radius 3 is 2.74 bits per heavy atom. The monoisotopic (exact) mass is 310 g/mol. The van der Waals surface area contributed by atoms with Crippen molar-refractivity contribution in [1.29, 1.82) is 0 Å². The van der Waals surface area contributed by atoms with Crippen molar-refractivity contribution in [2.24, 2.45) is 5.73 Å². The molecule has 0 saturated carbocycles. The number of nitrogens with zero attached hydrogens (tertiary/aromatic N) is 2. The molecule has 0 spiro atoms. The van der Waals surface area contributed by atoms with Crippen molar-refractivity contribution in [2.45, 2.75) is 6.92 Å². The largest absolute Gasteiger partial charge is 0.440 e.